The van der Waals surface area contributed by atoms with Crippen LogP contribution in [0, 0.1) is 17.2 Å². The van der Waals surface area contributed by atoms with E-state index in [1.165, 1.54) is 18.5 Å². The van der Waals surface area contributed by atoms with Crippen LogP contribution in [0.4, 0.5) is 0 Å². The van der Waals surface area contributed by atoms with Crippen LogP contribution in [0.2, 0.25) is 10.0 Å². The van der Waals surface area contributed by atoms with Gasteiger partial charge < -0.3 is 5.32 Å². The number of halogens is 2. The summed E-state index contributed by atoms with van der Waals surface area (Å²) in [5.74, 6) is -0.542. The largest absolute Gasteiger partial charge is 0.336 e. The highest BCUT2D eigenvalue weighted by Crippen LogP contribution is 2.24. The second kappa shape index (κ2) is 6.80. The summed E-state index contributed by atoms with van der Waals surface area (Å²) in [6, 6.07) is 5.04. The van der Waals surface area contributed by atoms with Crippen LogP contribution in [0.1, 0.15) is 20.8 Å². The van der Waals surface area contributed by atoms with Crippen LogP contribution in [0.25, 0.3) is 10.9 Å². The normalized spacial score (nSPS) is 13.5. The van der Waals surface area contributed by atoms with Gasteiger partial charge in [0.25, 0.3) is 5.56 Å². The molecular formula is C16H16Cl2N4O2. The summed E-state index contributed by atoms with van der Waals surface area (Å²) in [6.45, 7) is 5.04. The molecule has 0 fully saturated rings. The Morgan fingerprint density at radius 2 is 2.12 bits per heavy atom. The minimum atomic E-state index is -1.02. The second-order valence-electron chi connectivity index (χ2n) is 5.98. The third-order valence-corrected chi connectivity index (χ3v) is 4.45. The van der Waals surface area contributed by atoms with Crippen molar-refractivity contribution < 1.29 is 4.79 Å². The second-order valence-corrected chi connectivity index (χ2v) is 6.82. The van der Waals surface area contributed by atoms with Gasteiger partial charge in [-0.2, -0.15) is 5.26 Å². The molecule has 1 amide bonds. The summed E-state index contributed by atoms with van der Waals surface area (Å²) in [7, 11) is 0. The van der Waals surface area contributed by atoms with Crippen molar-refractivity contribution in [2.45, 2.75) is 32.9 Å². The van der Waals surface area contributed by atoms with Crippen LogP contribution in [0.3, 0.4) is 0 Å². The number of hydrogen-bond donors (Lipinski definition) is 1. The van der Waals surface area contributed by atoms with E-state index in [2.05, 4.69) is 16.4 Å². The first-order valence-electron chi connectivity index (χ1n) is 7.24. The van der Waals surface area contributed by atoms with Gasteiger partial charge >= 0.3 is 0 Å². The van der Waals surface area contributed by atoms with Gasteiger partial charge in [-0.3, -0.25) is 14.2 Å². The van der Waals surface area contributed by atoms with Crippen molar-refractivity contribution in [1.29, 1.82) is 5.26 Å². The van der Waals surface area contributed by atoms with E-state index < -0.39 is 17.0 Å². The van der Waals surface area contributed by atoms with Crippen LogP contribution in [-0.4, -0.2) is 21.0 Å². The van der Waals surface area contributed by atoms with Gasteiger partial charge in [0.2, 0.25) is 5.91 Å². The number of aromatic nitrogens is 2. The third kappa shape index (κ3) is 3.53. The first-order valence-corrected chi connectivity index (χ1v) is 8.00. The zero-order valence-corrected chi connectivity index (χ0v) is 14.9. The Hall–Kier alpha value is -2.10. The van der Waals surface area contributed by atoms with Crippen molar-refractivity contribution in [1.82, 2.24) is 14.9 Å². The molecule has 0 aliphatic carbocycles. The van der Waals surface area contributed by atoms with Gasteiger partial charge in [0.05, 0.1) is 28.3 Å². The van der Waals surface area contributed by atoms with Gasteiger partial charge in [-0.25, -0.2) is 4.98 Å². The number of fused-ring (bicyclic) bond motifs is 1. The van der Waals surface area contributed by atoms with E-state index in [-0.39, 0.29) is 22.9 Å². The number of benzene rings is 1. The molecule has 1 atom stereocenters. The summed E-state index contributed by atoms with van der Waals surface area (Å²) in [5, 5.41) is 12.7. The SMILES string of the molecule is CC(C)C(C)(C#N)NC(=O)Cn1cnc2c(Cl)cc(Cl)cc2c1=O. The number of nitrogens with one attached hydrogen (secondary N) is 1. The molecule has 2 rings (SSSR count). The first-order chi connectivity index (χ1) is 11.2. The molecule has 1 unspecified atom stereocenters. The third-order valence-electron chi connectivity index (χ3n) is 3.95. The Morgan fingerprint density at radius 3 is 2.71 bits per heavy atom. The van der Waals surface area contributed by atoms with Crippen molar-refractivity contribution in [3.63, 3.8) is 0 Å². The Labute approximate surface area is 149 Å². The van der Waals surface area contributed by atoms with Gasteiger partial charge in [-0.15, -0.1) is 0 Å². The minimum Gasteiger partial charge on any atom is -0.336 e. The summed E-state index contributed by atoms with van der Waals surface area (Å²) in [5.41, 5.74) is -1.12. The summed E-state index contributed by atoms with van der Waals surface area (Å²) in [4.78, 5) is 28.8. The quantitative estimate of drug-likeness (QED) is 0.900. The molecule has 0 saturated heterocycles. The standard InChI is InChI=1S/C16H16Cl2N4O2/c1-9(2)16(3,7-19)21-13(23)6-22-8-20-14-11(15(22)24)4-10(17)5-12(14)18/h4-5,8-9H,6H2,1-3H3,(H,21,23). The highest BCUT2D eigenvalue weighted by molar-refractivity contribution is 6.38. The molecule has 0 bridgehead atoms. The lowest BCUT2D eigenvalue weighted by molar-refractivity contribution is -0.123. The van der Waals surface area contributed by atoms with Crippen molar-refractivity contribution >= 4 is 40.0 Å². The predicted octanol–water partition coefficient (Wildman–Crippen LogP) is 2.76. The van der Waals surface area contributed by atoms with Gasteiger partial charge in [0.1, 0.15) is 12.1 Å². The highest BCUT2D eigenvalue weighted by Gasteiger charge is 2.30. The molecule has 126 valence electrons. The molecule has 8 heteroatoms. The van der Waals surface area contributed by atoms with Gasteiger partial charge in [-0.1, -0.05) is 37.0 Å². The number of hydrogen-bond acceptors (Lipinski definition) is 4. The van der Waals surface area contributed by atoms with E-state index in [0.717, 1.165) is 4.57 Å². The van der Waals surface area contributed by atoms with Crippen molar-refractivity contribution in [3.05, 3.63) is 38.9 Å². The smallest absolute Gasteiger partial charge is 0.261 e. The van der Waals surface area contributed by atoms with Gasteiger partial charge in [0.15, 0.2) is 0 Å². The number of carbonyl (C=O) groups excluding carboxylic acids is 1. The Bertz CT molecular complexity index is 901. The maximum absolute atomic E-state index is 12.5. The molecule has 0 spiro atoms. The van der Waals surface area contributed by atoms with E-state index in [4.69, 9.17) is 23.2 Å². The van der Waals surface area contributed by atoms with Crippen molar-refractivity contribution in [3.8, 4) is 6.07 Å². The van der Waals surface area contributed by atoms with Crippen LogP contribution in [0.5, 0.6) is 0 Å². The predicted molar refractivity (Wildman–Crippen MR) is 93.0 cm³/mol. The molecule has 1 N–H and O–H groups in total. The number of rotatable bonds is 4. The molecular weight excluding hydrogens is 351 g/mol. The fourth-order valence-electron chi connectivity index (χ4n) is 2.09. The molecule has 1 aromatic carbocycles. The highest BCUT2D eigenvalue weighted by atomic mass is 35.5. The number of carbonyl (C=O) groups is 1. The number of nitriles is 1. The Kier molecular flexibility index (Phi) is 5.16. The van der Waals surface area contributed by atoms with Crippen LogP contribution in [0.15, 0.2) is 23.3 Å². The minimum absolute atomic E-state index is 0.0875. The Morgan fingerprint density at radius 1 is 1.46 bits per heavy atom. The lowest BCUT2D eigenvalue weighted by atomic mass is 9.90. The van der Waals surface area contributed by atoms with Gasteiger partial charge in [-0.05, 0) is 25.0 Å². The van der Waals surface area contributed by atoms with E-state index in [0.29, 0.717) is 10.5 Å². The maximum Gasteiger partial charge on any atom is 0.261 e. The van der Waals surface area contributed by atoms with E-state index in [9.17, 15) is 14.9 Å². The fraction of sp³-hybridized carbons (Fsp3) is 0.375. The molecule has 0 aliphatic rings. The Balaban J connectivity index is 2.35. The molecule has 0 saturated carbocycles. The molecule has 0 radical (unpaired) electrons. The summed E-state index contributed by atoms with van der Waals surface area (Å²) < 4.78 is 1.16. The van der Waals surface area contributed by atoms with E-state index in [1.54, 1.807) is 6.92 Å². The summed E-state index contributed by atoms with van der Waals surface area (Å²) >= 11 is 11.9. The molecule has 1 heterocycles. The lowest BCUT2D eigenvalue weighted by Gasteiger charge is -2.27. The monoisotopic (exact) mass is 366 g/mol. The van der Waals surface area contributed by atoms with E-state index in [1.807, 2.05) is 13.8 Å². The van der Waals surface area contributed by atoms with Gasteiger partial charge in [0, 0.05) is 5.02 Å². The van der Waals surface area contributed by atoms with Crippen LogP contribution < -0.4 is 10.9 Å². The zero-order valence-electron chi connectivity index (χ0n) is 13.4. The van der Waals surface area contributed by atoms with Crippen molar-refractivity contribution in [2.75, 3.05) is 0 Å². The first kappa shape index (κ1) is 18.2. The topological polar surface area (TPSA) is 87.8 Å². The molecule has 0 aliphatic heterocycles. The number of amides is 1. The van der Waals surface area contributed by atoms with Crippen molar-refractivity contribution in [2.24, 2.45) is 5.92 Å². The zero-order chi connectivity index (χ0) is 18.1. The van der Waals surface area contributed by atoms with E-state index >= 15 is 0 Å². The van der Waals surface area contributed by atoms with Crippen LogP contribution >= 0.6 is 23.2 Å². The maximum atomic E-state index is 12.5. The van der Waals surface area contributed by atoms with Crippen LogP contribution in [-0.2, 0) is 11.3 Å². The lowest BCUT2D eigenvalue weighted by Crippen LogP contribution is -2.50. The summed E-state index contributed by atoms with van der Waals surface area (Å²) in [6.07, 6.45) is 1.25. The number of nitrogens with zero attached hydrogens (tertiary/aromatic N) is 3. The molecule has 24 heavy (non-hydrogen) atoms. The molecule has 6 nitrogen and oxygen atoms in total. The average Bonchev–Trinajstić information content (AvgIpc) is 2.50. The average molecular weight is 367 g/mol. The molecule has 1 aromatic heterocycles. The molecule has 2 aromatic rings. The fourth-order valence-corrected chi connectivity index (χ4v) is 2.63.